The molecule has 0 radical (unpaired) electrons. The molecule has 0 bridgehead atoms. The highest BCUT2D eigenvalue weighted by atomic mass is 79.9. The van der Waals surface area contributed by atoms with Crippen molar-refractivity contribution >= 4 is 21.6 Å². The van der Waals surface area contributed by atoms with Crippen LogP contribution in [0.4, 0.5) is 10.1 Å². The monoisotopic (exact) mass is 296 g/mol. The third-order valence-corrected chi connectivity index (χ3v) is 2.77. The van der Waals surface area contributed by atoms with Crippen molar-refractivity contribution in [2.45, 2.75) is 6.92 Å². The Hall–Kier alpha value is -1.62. The maximum atomic E-state index is 13.5. The summed E-state index contributed by atoms with van der Waals surface area (Å²) in [6.07, 6.45) is 1.57. The molecule has 2 rings (SSSR count). The number of aryl methyl sites for hydroxylation is 1. The van der Waals surface area contributed by atoms with E-state index in [2.05, 4.69) is 20.9 Å². The maximum Gasteiger partial charge on any atom is 0.243 e. The third kappa shape index (κ3) is 2.55. The predicted octanol–water partition coefficient (Wildman–Crippen LogP) is 3.67. The van der Waals surface area contributed by atoms with Gasteiger partial charge in [0.05, 0.1) is 5.69 Å². The van der Waals surface area contributed by atoms with Crippen LogP contribution in [0.25, 0.3) is 0 Å². The molecule has 1 aromatic heterocycles. The average Bonchev–Trinajstić information content (AvgIpc) is 2.28. The van der Waals surface area contributed by atoms with Crippen LogP contribution in [0.1, 0.15) is 5.56 Å². The van der Waals surface area contributed by atoms with Crippen molar-refractivity contribution in [1.29, 1.82) is 0 Å². The normalized spacial score (nSPS) is 10.3. The molecule has 0 aliphatic heterocycles. The highest BCUT2D eigenvalue weighted by Crippen LogP contribution is 2.30. The Balaban J connectivity index is 2.35. The molecule has 0 aliphatic rings. The number of benzene rings is 1. The number of hydrogen-bond acceptors (Lipinski definition) is 3. The van der Waals surface area contributed by atoms with Gasteiger partial charge >= 0.3 is 0 Å². The quantitative estimate of drug-likeness (QED) is 0.920. The number of hydrogen-bond donors (Lipinski definition) is 1. The number of rotatable bonds is 2. The van der Waals surface area contributed by atoms with Crippen LogP contribution >= 0.6 is 15.9 Å². The largest absolute Gasteiger partial charge is 0.434 e. The molecule has 0 fully saturated rings. The second-order valence-corrected chi connectivity index (χ2v) is 4.44. The number of anilines is 1. The SMILES string of the molecule is Cc1ccnc(Oc2ccc(Br)cc2F)c1N. The fraction of sp³-hybridized carbons (Fsp3) is 0.0833. The van der Waals surface area contributed by atoms with Gasteiger partial charge in [-0.05, 0) is 36.8 Å². The lowest BCUT2D eigenvalue weighted by atomic mass is 10.2. The summed E-state index contributed by atoms with van der Waals surface area (Å²) in [5.41, 5.74) is 7.04. The van der Waals surface area contributed by atoms with Crippen molar-refractivity contribution in [2.75, 3.05) is 5.73 Å². The second-order valence-electron chi connectivity index (χ2n) is 3.52. The van der Waals surface area contributed by atoms with Crippen LogP contribution in [0.3, 0.4) is 0 Å². The van der Waals surface area contributed by atoms with Gasteiger partial charge in [0.25, 0.3) is 0 Å². The van der Waals surface area contributed by atoms with Gasteiger partial charge in [0.2, 0.25) is 5.88 Å². The van der Waals surface area contributed by atoms with Crippen molar-refractivity contribution < 1.29 is 9.13 Å². The molecule has 1 aromatic carbocycles. The third-order valence-electron chi connectivity index (χ3n) is 2.27. The summed E-state index contributed by atoms with van der Waals surface area (Å²) in [6, 6.07) is 6.29. The van der Waals surface area contributed by atoms with Gasteiger partial charge in [-0.1, -0.05) is 15.9 Å². The van der Waals surface area contributed by atoms with Crippen LogP contribution < -0.4 is 10.5 Å². The molecule has 2 N–H and O–H groups in total. The molecule has 2 aromatic rings. The number of nitrogens with zero attached hydrogens (tertiary/aromatic N) is 1. The van der Waals surface area contributed by atoms with E-state index < -0.39 is 5.82 Å². The summed E-state index contributed by atoms with van der Waals surface area (Å²) in [7, 11) is 0. The number of aromatic nitrogens is 1. The summed E-state index contributed by atoms with van der Waals surface area (Å²) in [5, 5.41) is 0. The van der Waals surface area contributed by atoms with Gasteiger partial charge in [-0.15, -0.1) is 0 Å². The fourth-order valence-corrected chi connectivity index (χ4v) is 1.62. The molecule has 3 nitrogen and oxygen atoms in total. The first-order valence-electron chi connectivity index (χ1n) is 4.92. The number of halogens is 2. The van der Waals surface area contributed by atoms with E-state index in [9.17, 15) is 4.39 Å². The standard InChI is InChI=1S/C12H10BrFN2O/c1-7-4-5-16-12(11(7)15)17-10-3-2-8(13)6-9(10)14/h2-6H,15H2,1H3. The van der Waals surface area contributed by atoms with E-state index in [-0.39, 0.29) is 11.6 Å². The minimum absolute atomic E-state index is 0.0954. The van der Waals surface area contributed by atoms with Crippen molar-refractivity contribution in [1.82, 2.24) is 4.98 Å². The molecule has 1 heterocycles. The van der Waals surface area contributed by atoms with Crippen molar-refractivity contribution in [3.8, 4) is 11.6 Å². The molecule has 0 aliphatic carbocycles. The smallest absolute Gasteiger partial charge is 0.243 e. The van der Waals surface area contributed by atoms with E-state index in [0.717, 1.165) is 5.56 Å². The van der Waals surface area contributed by atoms with Gasteiger partial charge in [0.1, 0.15) is 0 Å². The Morgan fingerprint density at radius 3 is 2.82 bits per heavy atom. The highest BCUT2D eigenvalue weighted by Gasteiger charge is 2.09. The first-order valence-corrected chi connectivity index (χ1v) is 5.71. The van der Waals surface area contributed by atoms with Gasteiger partial charge in [-0.3, -0.25) is 0 Å². The van der Waals surface area contributed by atoms with E-state index in [4.69, 9.17) is 10.5 Å². The Morgan fingerprint density at radius 2 is 2.12 bits per heavy atom. The molecule has 17 heavy (non-hydrogen) atoms. The van der Waals surface area contributed by atoms with Gasteiger partial charge in [0.15, 0.2) is 11.6 Å². The molecule has 0 saturated carbocycles. The van der Waals surface area contributed by atoms with Gasteiger partial charge in [-0.2, -0.15) is 0 Å². The van der Waals surface area contributed by atoms with Crippen LogP contribution in [0.5, 0.6) is 11.6 Å². The zero-order chi connectivity index (χ0) is 12.4. The van der Waals surface area contributed by atoms with E-state index in [0.29, 0.717) is 10.2 Å². The van der Waals surface area contributed by atoms with E-state index >= 15 is 0 Å². The Morgan fingerprint density at radius 1 is 1.35 bits per heavy atom. The number of ether oxygens (including phenoxy) is 1. The van der Waals surface area contributed by atoms with Gasteiger partial charge < -0.3 is 10.5 Å². The first kappa shape index (κ1) is 11.9. The number of pyridine rings is 1. The van der Waals surface area contributed by atoms with Crippen molar-refractivity contribution in [3.05, 3.63) is 46.3 Å². The summed E-state index contributed by atoms with van der Waals surface area (Å²) in [6.45, 7) is 1.84. The second kappa shape index (κ2) is 4.71. The highest BCUT2D eigenvalue weighted by molar-refractivity contribution is 9.10. The van der Waals surface area contributed by atoms with Gasteiger partial charge in [0, 0.05) is 10.7 Å². The lowest BCUT2D eigenvalue weighted by molar-refractivity contribution is 0.429. The van der Waals surface area contributed by atoms with Crippen molar-refractivity contribution in [2.24, 2.45) is 0 Å². The van der Waals surface area contributed by atoms with Crippen LogP contribution in [0.15, 0.2) is 34.9 Å². The average molecular weight is 297 g/mol. The Bertz CT molecular complexity index is 560. The minimum atomic E-state index is -0.470. The first-order chi connectivity index (χ1) is 8.08. The number of nitrogen functional groups attached to an aromatic ring is 1. The molecule has 88 valence electrons. The molecule has 5 heteroatoms. The minimum Gasteiger partial charge on any atom is -0.434 e. The van der Waals surface area contributed by atoms with E-state index in [1.54, 1.807) is 18.3 Å². The summed E-state index contributed by atoms with van der Waals surface area (Å²) in [4.78, 5) is 3.97. The summed E-state index contributed by atoms with van der Waals surface area (Å²) in [5.74, 6) is -0.161. The van der Waals surface area contributed by atoms with Crippen LogP contribution in [-0.4, -0.2) is 4.98 Å². The molecular formula is C12H10BrFN2O. The zero-order valence-electron chi connectivity index (χ0n) is 9.08. The van der Waals surface area contributed by atoms with Gasteiger partial charge in [-0.25, -0.2) is 9.37 Å². The lowest BCUT2D eigenvalue weighted by Crippen LogP contribution is -1.98. The molecular weight excluding hydrogens is 287 g/mol. The van der Waals surface area contributed by atoms with Crippen LogP contribution in [-0.2, 0) is 0 Å². The lowest BCUT2D eigenvalue weighted by Gasteiger charge is -2.09. The van der Waals surface area contributed by atoms with Crippen LogP contribution in [0.2, 0.25) is 0 Å². The molecule has 0 atom stereocenters. The summed E-state index contributed by atoms with van der Waals surface area (Å²) >= 11 is 3.17. The molecule has 0 spiro atoms. The van der Waals surface area contributed by atoms with Crippen LogP contribution in [0, 0.1) is 12.7 Å². The van der Waals surface area contributed by atoms with E-state index in [1.165, 1.54) is 12.1 Å². The Labute approximate surface area is 107 Å². The summed E-state index contributed by atoms with van der Waals surface area (Å²) < 4.78 is 19.5. The molecule has 0 saturated heterocycles. The fourth-order valence-electron chi connectivity index (χ4n) is 1.29. The Kier molecular flexibility index (Phi) is 3.28. The zero-order valence-corrected chi connectivity index (χ0v) is 10.7. The molecule has 0 unspecified atom stereocenters. The van der Waals surface area contributed by atoms with E-state index in [1.807, 2.05) is 6.92 Å². The maximum absolute atomic E-state index is 13.5. The molecule has 0 amide bonds. The number of nitrogens with two attached hydrogens (primary N) is 1. The van der Waals surface area contributed by atoms with Crippen molar-refractivity contribution in [3.63, 3.8) is 0 Å². The topological polar surface area (TPSA) is 48.1 Å². The predicted molar refractivity (Wildman–Crippen MR) is 67.6 cm³/mol.